The molecule has 0 aliphatic rings. The summed E-state index contributed by atoms with van der Waals surface area (Å²) in [5, 5.41) is 10.3. The smallest absolute Gasteiger partial charge is 0.264 e. The van der Waals surface area contributed by atoms with Crippen molar-refractivity contribution in [3.05, 3.63) is 70.3 Å². The molecule has 0 saturated carbocycles. The summed E-state index contributed by atoms with van der Waals surface area (Å²) in [7, 11) is 1.72. The van der Waals surface area contributed by atoms with Gasteiger partial charge in [0, 0.05) is 37.6 Å². The molecular weight excluding hydrogens is 320 g/mol. The van der Waals surface area contributed by atoms with Crippen LogP contribution in [0.25, 0.3) is 11.3 Å². The lowest BCUT2D eigenvalue weighted by Crippen LogP contribution is -2.26. The van der Waals surface area contributed by atoms with Crippen molar-refractivity contribution >= 4 is 5.91 Å². The molecule has 1 N–H and O–H groups in total. The molecule has 0 saturated heterocycles. The summed E-state index contributed by atoms with van der Waals surface area (Å²) in [4.78, 5) is 24.8. The Morgan fingerprint density at radius 2 is 2.00 bits per heavy atom. The molecule has 0 atom stereocenters. The maximum absolute atomic E-state index is 12.2. The zero-order chi connectivity index (χ0) is 17.6. The highest BCUT2D eigenvalue weighted by molar-refractivity contribution is 5.76. The van der Waals surface area contributed by atoms with Gasteiger partial charge in [-0.3, -0.25) is 9.59 Å². The van der Waals surface area contributed by atoms with Gasteiger partial charge in [0.25, 0.3) is 5.56 Å². The Bertz CT molecular complexity index is 881. The van der Waals surface area contributed by atoms with Crippen molar-refractivity contribution in [1.29, 1.82) is 0 Å². The van der Waals surface area contributed by atoms with Crippen LogP contribution in [0.3, 0.4) is 0 Å². The van der Waals surface area contributed by atoms with E-state index in [2.05, 4.69) is 15.4 Å². The number of rotatable bonds is 6. The van der Waals surface area contributed by atoms with Gasteiger partial charge in [0.15, 0.2) is 5.76 Å². The van der Waals surface area contributed by atoms with Gasteiger partial charge in [0.1, 0.15) is 5.69 Å². The number of H-pyrrole nitrogens is 1. The highest BCUT2D eigenvalue weighted by Gasteiger charge is 2.13. The molecule has 128 valence electrons. The minimum atomic E-state index is -0.258. The van der Waals surface area contributed by atoms with Gasteiger partial charge in [-0.1, -0.05) is 35.5 Å². The number of nitrogens with zero attached hydrogens (tertiary/aromatic N) is 3. The van der Waals surface area contributed by atoms with Crippen LogP contribution in [-0.4, -0.2) is 33.2 Å². The van der Waals surface area contributed by atoms with E-state index in [1.165, 1.54) is 6.07 Å². The normalized spacial score (nSPS) is 10.6. The number of amides is 1. The molecule has 0 aliphatic carbocycles. The van der Waals surface area contributed by atoms with Crippen LogP contribution in [0, 0.1) is 0 Å². The number of hydrogen-bond donors (Lipinski definition) is 1. The number of carbonyl (C=O) groups excluding carboxylic acids is 1. The summed E-state index contributed by atoms with van der Waals surface area (Å²) in [6.07, 6.45) is 0.765. The predicted octanol–water partition coefficient (Wildman–Crippen LogP) is 2.02. The van der Waals surface area contributed by atoms with E-state index in [-0.39, 0.29) is 11.5 Å². The molecular formula is C18H18N4O3. The van der Waals surface area contributed by atoms with Crippen molar-refractivity contribution in [2.45, 2.75) is 19.4 Å². The van der Waals surface area contributed by atoms with Gasteiger partial charge in [-0.2, -0.15) is 5.10 Å². The third kappa shape index (κ3) is 4.41. The molecule has 3 rings (SSSR count). The Morgan fingerprint density at radius 1 is 1.20 bits per heavy atom. The van der Waals surface area contributed by atoms with E-state index in [9.17, 15) is 9.59 Å². The SMILES string of the molecule is CN(Cc1cc(-c2ccccc2)no1)C(=O)CCc1ccc(=O)[nH]n1. The lowest BCUT2D eigenvalue weighted by Gasteiger charge is -2.14. The van der Waals surface area contributed by atoms with Crippen LogP contribution in [0.5, 0.6) is 0 Å². The molecule has 1 aromatic carbocycles. The summed E-state index contributed by atoms with van der Waals surface area (Å²) < 4.78 is 5.32. The predicted molar refractivity (Wildman–Crippen MR) is 91.6 cm³/mol. The maximum Gasteiger partial charge on any atom is 0.264 e. The number of carbonyl (C=O) groups is 1. The Hall–Kier alpha value is -3.22. The van der Waals surface area contributed by atoms with Crippen LogP contribution in [0.15, 0.2) is 57.8 Å². The molecule has 0 spiro atoms. The maximum atomic E-state index is 12.2. The lowest BCUT2D eigenvalue weighted by atomic mass is 10.1. The minimum Gasteiger partial charge on any atom is -0.359 e. The largest absolute Gasteiger partial charge is 0.359 e. The summed E-state index contributed by atoms with van der Waals surface area (Å²) in [6, 6.07) is 14.6. The quantitative estimate of drug-likeness (QED) is 0.742. The minimum absolute atomic E-state index is 0.0364. The van der Waals surface area contributed by atoms with E-state index >= 15 is 0 Å². The molecule has 3 aromatic rings. The van der Waals surface area contributed by atoms with Crippen LogP contribution in [-0.2, 0) is 17.8 Å². The van der Waals surface area contributed by atoms with E-state index < -0.39 is 0 Å². The molecule has 0 bridgehead atoms. The molecule has 2 aromatic heterocycles. The Labute approximate surface area is 144 Å². The first-order valence-corrected chi connectivity index (χ1v) is 7.91. The van der Waals surface area contributed by atoms with Gasteiger partial charge in [-0.15, -0.1) is 0 Å². The van der Waals surface area contributed by atoms with Crippen molar-refractivity contribution < 1.29 is 9.32 Å². The Morgan fingerprint density at radius 3 is 2.72 bits per heavy atom. The molecule has 0 fully saturated rings. The van der Waals surface area contributed by atoms with Crippen molar-refractivity contribution in [1.82, 2.24) is 20.3 Å². The van der Waals surface area contributed by atoms with Gasteiger partial charge in [-0.25, -0.2) is 5.10 Å². The van der Waals surface area contributed by atoms with Crippen LogP contribution in [0.1, 0.15) is 17.9 Å². The standard InChI is InChI=1S/C18H18N4O3/c1-22(18(24)10-8-14-7-9-17(23)20-19-14)12-15-11-16(21-25-15)13-5-3-2-4-6-13/h2-7,9,11H,8,10,12H2,1H3,(H,20,23). The van der Waals surface area contributed by atoms with Crippen LogP contribution < -0.4 is 5.56 Å². The second kappa shape index (κ2) is 7.57. The number of aromatic nitrogens is 3. The van der Waals surface area contributed by atoms with Crippen molar-refractivity contribution in [3.63, 3.8) is 0 Å². The first-order valence-electron chi connectivity index (χ1n) is 7.91. The van der Waals surface area contributed by atoms with E-state index in [0.29, 0.717) is 30.8 Å². The molecule has 2 heterocycles. The molecule has 0 aliphatic heterocycles. The number of aromatic amines is 1. The number of aryl methyl sites for hydroxylation is 1. The summed E-state index contributed by atoms with van der Waals surface area (Å²) >= 11 is 0. The highest BCUT2D eigenvalue weighted by atomic mass is 16.5. The Balaban J connectivity index is 1.55. The number of nitrogens with one attached hydrogen (secondary N) is 1. The zero-order valence-corrected chi connectivity index (χ0v) is 13.8. The fourth-order valence-corrected chi connectivity index (χ4v) is 2.39. The highest BCUT2D eigenvalue weighted by Crippen LogP contribution is 2.19. The van der Waals surface area contributed by atoms with Gasteiger partial charge in [0.2, 0.25) is 5.91 Å². The van der Waals surface area contributed by atoms with Gasteiger partial charge < -0.3 is 9.42 Å². The number of benzene rings is 1. The second-order valence-electron chi connectivity index (χ2n) is 5.71. The average Bonchev–Trinajstić information content (AvgIpc) is 3.10. The second-order valence-corrected chi connectivity index (χ2v) is 5.71. The van der Waals surface area contributed by atoms with E-state index in [0.717, 1.165) is 11.3 Å². The third-order valence-corrected chi connectivity index (χ3v) is 3.78. The van der Waals surface area contributed by atoms with Crippen molar-refractivity contribution in [2.75, 3.05) is 7.05 Å². The Kier molecular flexibility index (Phi) is 5.03. The van der Waals surface area contributed by atoms with Crippen LogP contribution in [0.2, 0.25) is 0 Å². The van der Waals surface area contributed by atoms with E-state index in [1.807, 2.05) is 36.4 Å². The van der Waals surface area contributed by atoms with Gasteiger partial charge >= 0.3 is 0 Å². The van der Waals surface area contributed by atoms with E-state index in [1.54, 1.807) is 18.0 Å². The topological polar surface area (TPSA) is 92.1 Å². The first-order chi connectivity index (χ1) is 12.1. The van der Waals surface area contributed by atoms with Crippen LogP contribution >= 0.6 is 0 Å². The van der Waals surface area contributed by atoms with Crippen LogP contribution in [0.4, 0.5) is 0 Å². The molecule has 0 radical (unpaired) electrons. The zero-order valence-electron chi connectivity index (χ0n) is 13.8. The molecule has 25 heavy (non-hydrogen) atoms. The van der Waals surface area contributed by atoms with Crippen molar-refractivity contribution in [2.24, 2.45) is 0 Å². The third-order valence-electron chi connectivity index (χ3n) is 3.78. The fraction of sp³-hybridized carbons (Fsp3) is 0.222. The summed E-state index contributed by atoms with van der Waals surface area (Å²) in [6.45, 7) is 0.345. The number of hydrogen-bond acceptors (Lipinski definition) is 5. The first kappa shape index (κ1) is 16.6. The lowest BCUT2D eigenvalue weighted by molar-refractivity contribution is -0.130. The van der Waals surface area contributed by atoms with Gasteiger partial charge in [0.05, 0.1) is 12.2 Å². The average molecular weight is 338 g/mol. The fourth-order valence-electron chi connectivity index (χ4n) is 2.39. The summed E-state index contributed by atoms with van der Waals surface area (Å²) in [5.74, 6) is 0.586. The molecule has 7 nitrogen and oxygen atoms in total. The summed E-state index contributed by atoms with van der Waals surface area (Å²) in [5.41, 5.74) is 2.13. The molecule has 1 amide bonds. The van der Waals surface area contributed by atoms with Crippen molar-refractivity contribution in [3.8, 4) is 11.3 Å². The molecule has 7 heteroatoms. The van der Waals surface area contributed by atoms with E-state index in [4.69, 9.17) is 4.52 Å². The monoisotopic (exact) mass is 338 g/mol. The molecule has 0 unspecified atom stereocenters. The van der Waals surface area contributed by atoms with Gasteiger partial charge in [-0.05, 0) is 6.07 Å².